The smallest absolute Gasteiger partial charge is 0.246 e. The lowest BCUT2D eigenvalue weighted by Crippen LogP contribution is -2.61. The molecule has 2 saturated heterocycles. The summed E-state index contributed by atoms with van der Waals surface area (Å²) in [5, 5.41) is 24.2. The highest BCUT2D eigenvalue weighted by Gasteiger charge is 2.39. The first-order chi connectivity index (χ1) is 21.9. The Morgan fingerprint density at radius 1 is 0.891 bits per heavy atom. The quantitative estimate of drug-likeness (QED) is 0.247. The maximum absolute atomic E-state index is 13.9. The minimum Gasteiger partial charge on any atom is -0.391 e. The second-order valence-corrected chi connectivity index (χ2v) is 12.6. The third kappa shape index (κ3) is 10.5. The fourth-order valence-corrected chi connectivity index (χ4v) is 5.79. The number of nitrogens with one attached hydrogen (secondary N) is 5. The number of fused-ring (bicyclic) bond motifs is 1. The summed E-state index contributed by atoms with van der Waals surface area (Å²) in [6.45, 7) is 7.47. The molecule has 2 aliphatic rings. The lowest BCUT2D eigenvalue weighted by atomic mass is 10.0. The number of hydrogen-bond acceptors (Lipinski definition) is 7. The average molecular weight is 643 g/mol. The van der Waals surface area contributed by atoms with E-state index in [4.69, 9.17) is 0 Å². The fraction of sp³-hybridized carbons (Fsp3) is 0.636. The molecule has 0 bridgehead atoms. The third-order valence-electron chi connectivity index (χ3n) is 8.30. The van der Waals surface area contributed by atoms with Crippen molar-refractivity contribution in [2.24, 2.45) is 5.92 Å². The van der Waals surface area contributed by atoms with Crippen molar-refractivity contribution in [3.05, 3.63) is 35.9 Å². The summed E-state index contributed by atoms with van der Waals surface area (Å²) in [4.78, 5) is 81.5. The summed E-state index contributed by atoms with van der Waals surface area (Å²) in [6, 6.07) is 3.92. The van der Waals surface area contributed by atoms with Gasteiger partial charge in [-0.05, 0) is 56.9 Å². The highest BCUT2D eigenvalue weighted by atomic mass is 16.3. The molecule has 13 nitrogen and oxygen atoms in total. The van der Waals surface area contributed by atoms with Gasteiger partial charge in [0.1, 0.15) is 30.2 Å². The number of rotatable bonds is 7. The van der Waals surface area contributed by atoms with Gasteiger partial charge in [-0.25, -0.2) is 0 Å². The molecular formula is C33H50N6O7. The molecule has 3 rings (SSSR count). The van der Waals surface area contributed by atoms with Gasteiger partial charge in [-0.15, -0.1) is 0 Å². The monoisotopic (exact) mass is 642 g/mol. The second-order valence-electron chi connectivity index (χ2n) is 12.6. The lowest BCUT2D eigenvalue weighted by molar-refractivity contribution is -0.142. The van der Waals surface area contributed by atoms with Crippen molar-refractivity contribution in [2.45, 2.75) is 115 Å². The van der Waals surface area contributed by atoms with Crippen LogP contribution in [0.5, 0.6) is 0 Å². The Bertz CT molecular complexity index is 1220. The molecule has 0 saturated carbocycles. The van der Waals surface area contributed by atoms with Crippen molar-refractivity contribution in [3.63, 3.8) is 0 Å². The van der Waals surface area contributed by atoms with Crippen LogP contribution in [0.3, 0.4) is 0 Å². The third-order valence-corrected chi connectivity index (χ3v) is 8.30. The van der Waals surface area contributed by atoms with Crippen LogP contribution in [0.25, 0.3) is 0 Å². The average Bonchev–Trinajstić information content (AvgIpc) is 3.50. The zero-order valence-electron chi connectivity index (χ0n) is 27.3. The number of hydrogen-bond donors (Lipinski definition) is 6. The van der Waals surface area contributed by atoms with Crippen LogP contribution < -0.4 is 26.6 Å². The summed E-state index contributed by atoms with van der Waals surface area (Å²) in [6.07, 6.45) is 1.58. The van der Waals surface area contributed by atoms with E-state index in [9.17, 15) is 33.9 Å². The first-order valence-corrected chi connectivity index (χ1v) is 16.4. The Kier molecular flexibility index (Phi) is 14.0. The van der Waals surface area contributed by atoms with Gasteiger partial charge in [-0.1, -0.05) is 51.1 Å². The minimum atomic E-state index is -1.44. The molecule has 0 aliphatic carbocycles. The van der Waals surface area contributed by atoms with Crippen LogP contribution in [0.4, 0.5) is 0 Å². The molecule has 6 amide bonds. The molecule has 6 atom stereocenters. The Morgan fingerprint density at radius 3 is 2.24 bits per heavy atom. The normalized spacial score (nSPS) is 26.4. The minimum absolute atomic E-state index is 0.0774. The van der Waals surface area contributed by atoms with Crippen molar-refractivity contribution in [1.29, 1.82) is 0 Å². The van der Waals surface area contributed by atoms with Gasteiger partial charge in [0.15, 0.2) is 0 Å². The summed E-state index contributed by atoms with van der Waals surface area (Å²) < 4.78 is 0. The molecular weight excluding hydrogens is 592 g/mol. The SMILES string of the molecule is CC[C@@H]1NC(=O)[C@@H](NC(=O)CC(C)C)CCCCNC(=O)[C@@H]2CCCN2C(=O)[C@@H](Cc2ccccc2)NC(=O)[C@H]([C@@H](C)O)NC1=O. The van der Waals surface area contributed by atoms with Crippen LogP contribution in [0.1, 0.15) is 78.2 Å². The van der Waals surface area contributed by atoms with E-state index in [1.54, 1.807) is 6.92 Å². The van der Waals surface area contributed by atoms with Gasteiger partial charge in [0.05, 0.1) is 6.10 Å². The maximum Gasteiger partial charge on any atom is 0.246 e. The molecule has 0 radical (unpaired) electrons. The van der Waals surface area contributed by atoms with Crippen molar-refractivity contribution < 1.29 is 33.9 Å². The van der Waals surface area contributed by atoms with Gasteiger partial charge in [0, 0.05) is 25.9 Å². The van der Waals surface area contributed by atoms with Gasteiger partial charge in [0.2, 0.25) is 35.4 Å². The molecule has 2 heterocycles. The number of carbonyl (C=O) groups is 6. The summed E-state index contributed by atoms with van der Waals surface area (Å²) in [5.41, 5.74) is 0.779. The van der Waals surface area contributed by atoms with E-state index in [-0.39, 0.29) is 43.4 Å². The zero-order chi connectivity index (χ0) is 33.8. The van der Waals surface area contributed by atoms with E-state index in [0.717, 1.165) is 5.56 Å². The molecule has 254 valence electrons. The number of amides is 6. The van der Waals surface area contributed by atoms with Crippen LogP contribution >= 0.6 is 0 Å². The van der Waals surface area contributed by atoms with Gasteiger partial charge in [0.25, 0.3) is 0 Å². The van der Waals surface area contributed by atoms with Gasteiger partial charge >= 0.3 is 0 Å². The molecule has 2 aliphatic heterocycles. The van der Waals surface area contributed by atoms with Gasteiger partial charge in [-0.3, -0.25) is 28.8 Å². The summed E-state index contributed by atoms with van der Waals surface area (Å²) in [7, 11) is 0. The number of aliphatic hydroxyl groups excluding tert-OH is 1. The zero-order valence-corrected chi connectivity index (χ0v) is 27.3. The van der Waals surface area contributed by atoms with Crippen molar-refractivity contribution in [1.82, 2.24) is 31.5 Å². The lowest BCUT2D eigenvalue weighted by Gasteiger charge is -2.30. The Hall–Kier alpha value is -4.00. The highest BCUT2D eigenvalue weighted by Crippen LogP contribution is 2.20. The van der Waals surface area contributed by atoms with Gasteiger partial charge < -0.3 is 36.6 Å². The van der Waals surface area contributed by atoms with E-state index in [0.29, 0.717) is 38.8 Å². The molecule has 6 N–H and O–H groups in total. The number of aliphatic hydroxyl groups is 1. The van der Waals surface area contributed by atoms with E-state index >= 15 is 0 Å². The summed E-state index contributed by atoms with van der Waals surface area (Å²) >= 11 is 0. The van der Waals surface area contributed by atoms with E-state index < -0.39 is 59.9 Å². The predicted molar refractivity (Wildman–Crippen MR) is 171 cm³/mol. The van der Waals surface area contributed by atoms with Crippen LogP contribution in [0, 0.1) is 5.92 Å². The standard InChI is InChI=1S/C33H50N6O7/c1-5-23-29(42)38-28(21(4)40)32(45)37-25(19-22-12-7-6-8-13-22)33(46)39-17-11-15-26(39)31(44)34-16-10-9-14-24(30(43)36-23)35-27(41)18-20(2)3/h6-8,12-13,20-21,23-26,28,40H,5,9-11,14-19H2,1-4H3,(H,34,44)(H,35,41)(H,36,43)(H,37,45)(H,38,42)/t21-,23+,24+,25-,26+,28+/m1/s1. The van der Waals surface area contributed by atoms with Crippen LogP contribution in [0.15, 0.2) is 30.3 Å². The van der Waals surface area contributed by atoms with Crippen LogP contribution in [0.2, 0.25) is 0 Å². The van der Waals surface area contributed by atoms with E-state index in [2.05, 4.69) is 26.6 Å². The van der Waals surface area contributed by atoms with E-state index in [1.807, 2.05) is 44.2 Å². The highest BCUT2D eigenvalue weighted by molar-refractivity contribution is 5.97. The maximum atomic E-state index is 13.9. The van der Waals surface area contributed by atoms with Crippen molar-refractivity contribution in [3.8, 4) is 0 Å². The first-order valence-electron chi connectivity index (χ1n) is 16.4. The predicted octanol–water partition coefficient (Wildman–Crippen LogP) is 0.296. The number of benzene rings is 1. The van der Waals surface area contributed by atoms with Gasteiger partial charge in [-0.2, -0.15) is 0 Å². The number of nitrogens with zero attached hydrogens (tertiary/aromatic N) is 1. The molecule has 2 fully saturated rings. The molecule has 0 spiro atoms. The topological polar surface area (TPSA) is 186 Å². The first kappa shape index (κ1) is 36.5. The summed E-state index contributed by atoms with van der Waals surface area (Å²) in [5.74, 6) is -2.96. The van der Waals surface area contributed by atoms with Crippen molar-refractivity contribution in [2.75, 3.05) is 13.1 Å². The van der Waals surface area contributed by atoms with Crippen LogP contribution in [-0.2, 0) is 35.2 Å². The molecule has 0 aromatic heterocycles. The Labute approximate surface area is 271 Å². The molecule has 1 aromatic rings. The number of carbonyl (C=O) groups excluding carboxylic acids is 6. The second kappa shape index (κ2) is 17.6. The largest absolute Gasteiger partial charge is 0.391 e. The Balaban J connectivity index is 1.92. The van der Waals surface area contributed by atoms with Crippen LogP contribution in [-0.4, -0.2) is 94.9 Å². The fourth-order valence-electron chi connectivity index (χ4n) is 5.79. The molecule has 1 aromatic carbocycles. The molecule has 0 unspecified atom stereocenters. The molecule has 13 heteroatoms. The Morgan fingerprint density at radius 2 is 1.59 bits per heavy atom. The molecule has 46 heavy (non-hydrogen) atoms. The van der Waals surface area contributed by atoms with E-state index in [1.165, 1.54) is 11.8 Å². The van der Waals surface area contributed by atoms with Crippen molar-refractivity contribution >= 4 is 35.4 Å².